The summed E-state index contributed by atoms with van der Waals surface area (Å²) in [7, 11) is 0. The minimum Gasteiger partial charge on any atom is -0.439 e. The maximum absolute atomic E-state index is 5.92. The van der Waals surface area contributed by atoms with Crippen molar-refractivity contribution >= 4 is 27.5 Å². The molecule has 0 fully saturated rings. The van der Waals surface area contributed by atoms with Gasteiger partial charge in [-0.05, 0) is 52.0 Å². The number of aromatic nitrogens is 1. The Balaban J connectivity index is 2.18. The molecule has 0 saturated carbocycles. The number of alkyl halides is 1. The molecule has 1 unspecified atom stereocenters. The molecule has 0 aliphatic rings. The molecule has 0 amide bonds. The molecule has 1 aromatic heterocycles. The molecule has 0 N–H and O–H groups in total. The van der Waals surface area contributed by atoms with Gasteiger partial charge in [0.2, 0.25) is 5.88 Å². The fourth-order valence-electron chi connectivity index (χ4n) is 1.87. The lowest BCUT2D eigenvalue weighted by molar-refractivity contribution is 0.458. The first-order chi connectivity index (χ1) is 9.63. The van der Waals surface area contributed by atoms with Crippen LogP contribution in [0.25, 0.3) is 0 Å². The highest BCUT2D eigenvalue weighted by Gasteiger charge is 2.08. The Labute approximate surface area is 133 Å². The van der Waals surface area contributed by atoms with Gasteiger partial charge in [0.25, 0.3) is 0 Å². The van der Waals surface area contributed by atoms with Gasteiger partial charge in [0, 0.05) is 16.2 Å². The smallest absolute Gasteiger partial charge is 0.223 e. The van der Waals surface area contributed by atoms with Gasteiger partial charge in [-0.25, -0.2) is 4.98 Å². The zero-order valence-electron chi connectivity index (χ0n) is 11.6. The maximum Gasteiger partial charge on any atom is 0.223 e. The second-order valence-corrected chi connectivity index (χ2v) is 5.91. The molecule has 1 atom stereocenters. The summed E-state index contributed by atoms with van der Waals surface area (Å²) < 4.78 is 6.70. The van der Waals surface area contributed by atoms with E-state index in [9.17, 15) is 0 Å². The van der Waals surface area contributed by atoms with E-state index in [0.29, 0.717) is 17.7 Å². The van der Waals surface area contributed by atoms with Gasteiger partial charge in [0.1, 0.15) is 5.75 Å². The van der Waals surface area contributed by atoms with Gasteiger partial charge >= 0.3 is 0 Å². The fraction of sp³-hybridized carbons (Fsp3) is 0.312. The molecule has 20 heavy (non-hydrogen) atoms. The molecule has 0 radical (unpaired) electrons. The Hall–Kier alpha value is -1.06. The molecule has 4 heteroatoms. The van der Waals surface area contributed by atoms with Gasteiger partial charge in [-0.3, -0.25) is 0 Å². The van der Waals surface area contributed by atoms with Crippen LogP contribution in [0.5, 0.6) is 11.6 Å². The molecule has 0 saturated heterocycles. The van der Waals surface area contributed by atoms with E-state index in [1.54, 1.807) is 6.20 Å². The summed E-state index contributed by atoms with van der Waals surface area (Å²) in [5, 5.41) is 0. The molecule has 0 spiro atoms. The van der Waals surface area contributed by atoms with Crippen molar-refractivity contribution in [3.05, 3.63) is 52.1 Å². The third-order valence-corrected chi connectivity index (χ3v) is 4.03. The Kier molecular flexibility index (Phi) is 5.44. The first-order valence-electron chi connectivity index (χ1n) is 6.62. The lowest BCUT2D eigenvalue weighted by Gasteiger charge is -2.11. The van der Waals surface area contributed by atoms with Crippen LogP contribution < -0.4 is 4.74 Å². The molecule has 2 rings (SSSR count). The molecule has 1 heterocycles. The van der Waals surface area contributed by atoms with Gasteiger partial charge in [0.05, 0.1) is 5.88 Å². The summed E-state index contributed by atoms with van der Waals surface area (Å²) in [6.07, 6.45) is 2.84. The highest BCUT2D eigenvalue weighted by molar-refractivity contribution is 9.10. The van der Waals surface area contributed by atoms with Crippen molar-refractivity contribution in [2.75, 3.05) is 0 Å². The van der Waals surface area contributed by atoms with Gasteiger partial charge in [-0.15, -0.1) is 11.6 Å². The van der Waals surface area contributed by atoms with E-state index in [1.165, 1.54) is 5.56 Å². The summed E-state index contributed by atoms with van der Waals surface area (Å²) in [5.74, 6) is 2.26. The normalized spacial score (nSPS) is 12.2. The van der Waals surface area contributed by atoms with Crippen LogP contribution >= 0.6 is 27.5 Å². The molecule has 106 valence electrons. The fourth-order valence-corrected chi connectivity index (χ4v) is 2.44. The molecule has 0 aliphatic heterocycles. The Morgan fingerprint density at radius 2 is 2.00 bits per heavy atom. The summed E-state index contributed by atoms with van der Waals surface area (Å²) >= 11 is 9.29. The first kappa shape index (κ1) is 15.3. The van der Waals surface area contributed by atoms with Gasteiger partial charge in [-0.1, -0.05) is 26.0 Å². The van der Waals surface area contributed by atoms with E-state index in [4.69, 9.17) is 16.3 Å². The Bertz CT molecular complexity index is 571. The standard InChI is InChI=1S/C16H17BrClNO/c1-3-11(2)12-4-6-15(7-5-12)20-16-13(9-18)8-14(17)10-19-16/h4-8,10-11H,3,9H2,1-2H3. The van der Waals surface area contributed by atoms with E-state index >= 15 is 0 Å². The van der Waals surface area contributed by atoms with Crippen LogP contribution in [0.15, 0.2) is 41.0 Å². The predicted octanol–water partition coefficient (Wildman–Crippen LogP) is 5.89. The molecular formula is C16H17BrClNO. The molecule has 2 aromatic rings. The van der Waals surface area contributed by atoms with Crippen molar-refractivity contribution in [2.45, 2.75) is 32.1 Å². The topological polar surface area (TPSA) is 22.1 Å². The first-order valence-corrected chi connectivity index (χ1v) is 7.95. The van der Waals surface area contributed by atoms with Crippen molar-refractivity contribution in [3.63, 3.8) is 0 Å². The predicted molar refractivity (Wildman–Crippen MR) is 86.7 cm³/mol. The largest absolute Gasteiger partial charge is 0.439 e. The summed E-state index contributed by atoms with van der Waals surface area (Å²) in [5.41, 5.74) is 2.19. The van der Waals surface area contributed by atoms with E-state index in [0.717, 1.165) is 22.2 Å². The second-order valence-electron chi connectivity index (χ2n) is 4.73. The number of hydrogen-bond acceptors (Lipinski definition) is 2. The molecule has 0 aliphatic carbocycles. The van der Waals surface area contributed by atoms with Crippen molar-refractivity contribution in [2.24, 2.45) is 0 Å². The third kappa shape index (κ3) is 3.74. The van der Waals surface area contributed by atoms with Crippen LogP contribution in [0.3, 0.4) is 0 Å². The van der Waals surface area contributed by atoms with Gasteiger partial charge in [-0.2, -0.15) is 0 Å². The number of pyridine rings is 1. The number of benzene rings is 1. The van der Waals surface area contributed by atoms with Crippen LogP contribution in [0, 0.1) is 0 Å². The Morgan fingerprint density at radius 1 is 1.30 bits per heavy atom. The van der Waals surface area contributed by atoms with E-state index < -0.39 is 0 Å². The highest BCUT2D eigenvalue weighted by Crippen LogP contribution is 2.28. The van der Waals surface area contributed by atoms with Crippen molar-refractivity contribution < 1.29 is 4.74 Å². The lowest BCUT2D eigenvalue weighted by atomic mass is 9.99. The van der Waals surface area contributed by atoms with E-state index in [1.807, 2.05) is 18.2 Å². The van der Waals surface area contributed by atoms with Crippen LogP contribution in [0.4, 0.5) is 0 Å². The molecule has 1 aromatic carbocycles. The van der Waals surface area contributed by atoms with E-state index in [-0.39, 0.29) is 0 Å². The highest BCUT2D eigenvalue weighted by atomic mass is 79.9. The lowest BCUT2D eigenvalue weighted by Crippen LogP contribution is -1.94. The molecule has 0 bridgehead atoms. The van der Waals surface area contributed by atoms with Crippen LogP contribution in [-0.4, -0.2) is 4.98 Å². The average molecular weight is 355 g/mol. The number of halogens is 2. The zero-order valence-corrected chi connectivity index (χ0v) is 13.9. The summed E-state index contributed by atoms with van der Waals surface area (Å²) in [4.78, 5) is 4.26. The third-order valence-electron chi connectivity index (χ3n) is 3.31. The number of nitrogens with zero attached hydrogens (tertiary/aromatic N) is 1. The van der Waals surface area contributed by atoms with Crippen molar-refractivity contribution in [3.8, 4) is 11.6 Å². The van der Waals surface area contributed by atoms with Crippen molar-refractivity contribution in [1.29, 1.82) is 0 Å². The Morgan fingerprint density at radius 3 is 2.60 bits per heavy atom. The monoisotopic (exact) mass is 353 g/mol. The number of rotatable bonds is 5. The second kappa shape index (κ2) is 7.09. The molecular weight excluding hydrogens is 338 g/mol. The maximum atomic E-state index is 5.92. The van der Waals surface area contributed by atoms with Gasteiger partial charge < -0.3 is 4.74 Å². The van der Waals surface area contributed by atoms with Gasteiger partial charge in [0.15, 0.2) is 0 Å². The zero-order chi connectivity index (χ0) is 14.5. The van der Waals surface area contributed by atoms with Crippen molar-refractivity contribution in [1.82, 2.24) is 4.98 Å². The summed E-state index contributed by atoms with van der Waals surface area (Å²) in [6.45, 7) is 4.41. The number of hydrogen-bond donors (Lipinski definition) is 0. The van der Waals surface area contributed by atoms with Crippen LogP contribution in [0.2, 0.25) is 0 Å². The molecule has 2 nitrogen and oxygen atoms in total. The minimum absolute atomic E-state index is 0.368. The number of ether oxygens (including phenoxy) is 1. The summed E-state index contributed by atoms with van der Waals surface area (Å²) in [6, 6.07) is 10.1. The van der Waals surface area contributed by atoms with Crippen LogP contribution in [-0.2, 0) is 5.88 Å². The SMILES string of the molecule is CCC(C)c1ccc(Oc2ncc(Br)cc2CCl)cc1. The van der Waals surface area contributed by atoms with Crippen LogP contribution in [0.1, 0.15) is 37.3 Å². The minimum atomic E-state index is 0.368. The quantitative estimate of drug-likeness (QED) is 0.625. The average Bonchev–Trinajstić information content (AvgIpc) is 2.49. The van der Waals surface area contributed by atoms with E-state index in [2.05, 4.69) is 46.9 Å².